The minimum atomic E-state index is -3.67. The first-order valence-corrected chi connectivity index (χ1v) is 14.3. The highest BCUT2D eigenvalue weighted by Crippen LogP contribution is 2.21. The summed E-state index contributed by atoms with van der Waals surface area (Å²) in [5.74, 6) is -1.08. The molecule has 10 heteroatoms. The molecule has 1 N–H and O–H groups in total. The molecule has 0 unspecified atom stereocenters. The number of likely N-dealkylation sites (N-methyl/N-ethyl adjacent to an activating group) is 1. The Bertz CT molecular complexity index is 1320. The monoisotopic (exact) mass is 559 g/mol. The molecule has 0 aliphatic carbocycles. The smallest absolute Gasteiger partial charge is 0.242 e. The summed E-state index contributed by atoms with van der Waals surface area (Å²) in [6.07, 6.45) is 1.58. The number of hydrogen-bond acceptors (Lipinski definition) is 4. The van der Waals surface area contributed by atoms with Crippen LogP contribution in [-0.2, 0) is 32.6 Å². The first-order valence-electron chi connectivity index (χ1n) is 12.1. The number of nitrogens with one attached hydrogen (secondary N) is 1. The van der Waals surface area contributed by atoms with Crippen LogP contribution in [0, 0.1) is 5.82 Å². The largest absolute Gasteiger partial charge is 0.357 e. The minimum absolute atomic E-state index is 0.00306. The van der Waals surface area contributed by atoms with E-state index < -0.39 is 21.9 Å². The van der Waals surface area contributed by atoms with Crippen LogP contribution >= 0.6 is 11.6 Å². The van der Waals surface area contributed by atoms with Crippen molar-refractivity contribution in [1.82, 2.24) is 10.2 Å². The average Bonchev–Trinajstić information content (AvgIpc) is 2.89. The molecule has 0 radical (unpaired) electrons. The summed E-state index contributed by atoms with van der Waals surface area (Å²) in [5.41, 5.74) is 2.01. The maximum absolute atomic E-state index is 13.6. The second-order valence-corrected chi connectivity index (χ2v) is 11.2. The van der Waals surface area contributed by atoms with Crippen molar-refractivity contribution in [2.75, 3.05) is 24.2 Å². The van der Waals surface area contributed by atoms with Crippen LogP contribution in [0.4, 0.5) is 10.1 Å². The molecule has 0 saturated heterocycles. The van der Waals surface area contributed by atoms with Crippen molar-refractivity contribution in [3.63, 3.8) is 0 Å². The lowest BCUT2D eigenvalue weighted by Gasteiger charge is -2.31. The Morgan fingerprint density at radius 1 is 0.947 bits per heavy atom. The number of sulfonamides is 1. The van der Waals surface area contributed by atoms with Crippen LogP contribution < -0.4 is 9.62 Å². The van der Waals surface area contributed by atoms with Crippen molar-refractivity contribution in [3.05, 3.63) is 101 Å². The lowest BCUT2D eigenvalue weighted by molar-refractivity contribution is -0.141. The second-order valence-electron chi connectivity index (χ2n) is 8.88. The van der Waals surface area contributed by atoms with Gasteiger partial charge in [-0.15, -0.1) is 0 Å². The van der Waals surface area contributed by atoms with Gasteiger partial charge in [-0.3, -0.25) is 13.9 Å². The van der Waals surface area contributed by atoms with Gasteiger partial charge in [-0.1, -0.05) is 54.1 Å². The van der Waals surface area contributed by atoms with E-state index in [1.54, 1.807) is 24.3 Å². The quantitative estimate of drug-likeness (QED) is 0.356. The Morgan fingerprint density at radius 3 is 2.16 bits per heavy atom. The summed E-state index contributed by atoms with van der Waals surface area (Å²) < 4.78 is 39.3. The Balaban J connectivity index is 1.83. The molecule has 0 heterocycles. The van der Waals surface area contributed by atoms with Crippen molar-refractivity contribution in [2.45, 2.75) is 31.8 Å². The van der Waals surface area contributed by atoms with E-state index >= 15 is 0 Å². The van der Waals surface area contributed by atoms with Gasteiger partial charge in [-0.25, -0.2) is 12.8 Å². The van der Waals surface area contributed by atoms with Gasteiger partial charge in [-0.2, -0.15) is 0 Å². The normalized spacial score (nSPS) is 12.0. The van der Waals surface area contributed by atoms with E-state index in [4.69, 9.17) is 11.6 Å². The summed E-state index contributed by atoms with van der Waals surface area (Å²) in [5, 5.41) is 3.22. The predicted molar refractivity (Wildman–Crippen MR) is 148 cm³/mol. The first-order chi connectivity index (χ1) is 18.1. The fraction of sp³-hybridized carbons (Fsp3) is 0.286. The molecule has 0 aliphatic rings. The zero-order valence-corrected chi connectivity index (χ0v) is 22.9. The van der Waals surface area contributed by atoms with Crippen LogP contribution in [0.2, 0.25) is 5.02 Å². The molecule has 0 aromatic heterocycles. The summed E-state index contributed by atoms with van der Waals surface area (Å²) in [4.78, 5) is 28.1. The average molecular weight is 560 g/mol. The number of hydrogen-bond donors (Lipinski definition) is 1. The van der Waals surface area contributed by atoms with Crippen molar-refractivity contribution in [3.8, 4) is 0 Å². The predicted octanol–water partition coefficient (Wildman–Crippen LogP) is 4.41. The Morgan fingerprint density at radius 2 is 1.58 bits per heavy atom. The summed E-state index contributed by atoms with van der Waals surface area (Å²) >= 11 is 6.03. The van der Waals surface area contributed by atoms with Crippen LogP contribution in [-0.4, -0.2) is 51.0 Å². The maximum atomic E-state index is 13.6. The fourth-order valence-electron chi connectivity index (χ4n) is 4.12. The molecule has 38 heavy (non-hydrogen) atoms. The highest BCUT2D eigenvalue weighted by molar-refractivity contribution is 7.92. The van der Waals surface area contributed by atoms with Crippen LogP contribution in [0.15, 0.2) is 78.9 Å². The van der Waals surface area contributed by atoms with Crippen LogP contribution in [0.3, 0.4) is 0 Å². The third kappa shape index (κ3) is 8.29. The standard InChI is InChI=1S/C28H31ClFN3O4S/c1-31-28(35)26(19-21-7-4-3-5-8-21)32(20-22-10-12-23(29)13-11-22)27(34)9-6-18-33(38(2,36)37)25-16-14-24(30)15-17-25/h3-5,7-8,10-17,26H,6,9,18-20H2,1-2H3,(H,31,35)/t26-/m0/s1. The van der Waals surface area contributed by atoms with Crippen LogP contribution in [0.25, 0.3) is 0 Å². The molecule has 3 aromatic rings. The number of carbonyl (C=O) groups excluding carboxylic acids is 2. The van der Waals surface area contributed by atoms with Gasteiger partial charge in [0.2, 0.25) is 21.8 Å². The van der Waals surface area contributed by atoms with Gasteiger partial charge in [0.05, 0.1) is 11.9 Å². The van der Waals surface area contributed by atoms with Crippen molar-refractivity contribution < 1.29 is 22.4 Å². The number of carbonyl (C=O) groups is 2. The van der Waals surface area contributed by atoms with Gasteiger partial charge in [0.1, 0.15) is 11.9 Å². The SMILES string of the molecule is CNC(=O)[C@H](Cc1ccccc1)N(Cc1ccc(Cl)cc1)C(=O)CCCN(c1ccc(F)cc1)S(C)(=O)=O. The number of anilines is 1. The van der Waals surface area contributed by atoms with E-state index in [1.165, 1.54) is 36.2 Å². The lowest BCUT2D eigenvalue weighted by Crippen LogP contribution is -2.49. The number of amides is 2. The third-order valence-electron chi connectivity index (χ3n) is 6.05. The first kappa shape index (κ1) is 29.1. The highest BCUT2D eigenvalue weighted by Gasteiger charge is 2.30. The van der Waals surface area contributed by atoms with Gasteiger partial charge in [0.25, 0.3) is 0 Å². The molecule has 0 bridgehead atoms. The van der Waals surface area contributed by atoms with Crippen molar-refractivity contribution in [2.24, 2.45) is 0 Å². The van der Waals surface area contributed by atoms with Gasteiger partial charge in [0.15, 0.2) is 0 Å². The Hall–Kier alpha value is -3.43. The van der Waals surface area contributed by atoms with E-state index in [0.717, 1.165) is 21.7 Å². The molecule has 0 saturated carbocycles. The minimum Gasteiger partial charge on any atom is -0.357 e. The number of benzene rings is 3. The molecule has 0 fully saturated rings. The van der Waals surface area contributed by atoms with E-state index in [-0.39, 0.29) is 37.7 Å². The molecular weight excluding hydrogens is 529 g/mol. The maximum Gasteiger partial charge on any atom is 0.242 e. The fourth-order valence-corrected chi connectivity index (χ4v) is 5.21. The molecule has 3 aromatic carbocycles. The van der Waals surface area contributed by atoms with Gasteiger partial charge in [-0.05, 0) is 53.9 Å². The van der Waals surface area contributed by atoms with Crippen LogP contribution in [0.5, 0.6) is 0 Å². The highest BCUT2D eigenvalue weighted by atomic mass is 35.5. The number of nitrogens with zero attached hydrogens (tertiary/aromatic N) is 2. The number of halogens is 2. The summed E-state index contributed by atoms with van der Waals surface area (Å²) in [6, 6.07) is 20.8. The van der Waals surface area contributed by atoms with Crippen LogP contribution in [0.1, 0.15) is 24.0 Å². The molecule has 3 rings (SSSR count). The zero-order valence-electron chi connectivity index (χ0n) is 21.3. The Labute approximate surface area is 228 Å². The molecule has 1 atom stereocenters. The molecule has 2 amide bonds. The molecular formula is C28H31ClFN3O4S. The second kappa shape index (κ2) is 13.4. The topological polar surface area (TPSA) is 86.8 Å². The zero-order chi connectivity index (χ0) is 27.7. The molecule has 0 spiro atoms. The van der Waals surface area contributed by atoms with E-state index in [1.807, 2.05) is 30.3 Å². The van der Waals surface area contributed by atoms with Gasteiger partial charge >= 0.3 is 0 Å². The third-order valence-corrected chi connectivity index (χ3v) is 7.50. The van der Waals surface area contributed by atoms with E-state index in [0.29, 0.717) is 17.1 Å². The summed E-state index contributed by atoms with van der Waals surface area (Å²) in [6.45, 7) is 0.197. The molecule has 0 aliphatic heterocycles. The Kier molecular flexibility index (Phi) is 10.3. The van der Waals surface area contributed by atoms with Gasteiger partial charge < -0.3 is 10.2 Å². The summed E-state index contributed by atoms with van der Waals surface area (Å²) in [7, 11) is -2.14. The van der Waals surface area contributed by atoms with E-state index in [9.17, 15) is 22.4 Å². The van der Waals surface area contributed by atoms with Crippen molar-refractivity contribution >= 4 is 39.1 Å². The molecule has 7 nitrogen and oxygen atoms in total. The molecule has 202 valence electrons. The van der Waals surface area contributed by atoms with Crippen molar-refractivity contribution in [1.29, 1.82) is 0 Å². The lowest BCUT2D eigenvalue weighted by atomic mass is 10.0. The number of rotatable bonds is 12. The van der Waals surface area contributed by atoms with Gasteiger partial charge in [0, 0.05) is 38.0 Å². The van der Waals surface area contributed by atoms with E-state index in [2.05, 4.69) is 5.32 Å².